The molecule has 0 bridgehead atoms. The van der Waals surface area contributed by atoms with E-state index < -0.39 is 17.1 Å². The molecule has 2 fully saturated rings. The van der Waals surface area contributed by atoms with Gasteiger partial charge in [-0.05, 0) is 25.0 Å². The van der Waals surface area contributed by atoms with Crippen molar-refractivity contribution in [1.29, 1.82) is 0 Å². The molecule has 7 heteroatoms. The first-order valence-corrected chi connectivity index (χ1v) is 8.34. The molecule has 4 rings (SSSR count). The third-order valence-corrected chi connectivity index (χ3v) is 5.42. The lowest BCUT2D eigenvalue weighted by atomic mass is 9.61. The topological polar surface area (TPSA) is 78.4 Å². The number of anilines is 3. The Hall–Kier alpha value is -2.70. The molecule has 1 aromatic heterocycles. The Morgan fingerprint density at radius 1 is 1.20 bits per heavy atom. The van der Waals surface area contributed by atoms with Gasteiger partial charge in [0.25, 0.3) is 0 Å². The van der Waals surface area contributed by atoms with Crippen LogP contribution in [0.4, 0.5) is 21.7 Å². The van der Waals surface area contributed by atoms with Gasteiger partial charge in [0.1, 0.15) is 18.0 Å². The van der Waals surface area contributed by atoms with Gasteiger partial charge in [-0.15, -0.1) is 0 Å². The summed E-state index contributed by atoms with van der Waals surface area (Å²) in [6, 6.07) is 11.3. The fraction of sp³-hybridized carbons (Fsp3) is 0.389. The number of halogens is 1. The van der Waals surface area contributed by atoms with Crippen molar-refractivity contribution in [3.8, 4) is 0 Å². The van der Waals surface area contributed by atoms with Crippen LogP contribution in [-0.2, 0) is 4.79 Å². The standard InChI is InChI=1S/C18H19FN4O2/c19-18(16(24)25)11-23(10-17(18)7-4-8-17)15-9-14(20-12-21-15)22-13-5-2-1-3-6-13/h1-3,5-6,9,12H,4,7-8,10-11H2,(H,24,25)(H,20,21,22)/t18-/m0/s1. The van der Waals surface area contributed by atoms with E-state index in [1.807, 2.05) is 30.3 Å². The molecule has 1 aliphatic carbocycles. The maximum atomic E-state index is 15.2. The van der Waals surface area contributed by atoms with Crippen molar-refractivity contribution in [3.63, 3.8) is 0 Å². The first-order chi connectivity index (χ1) is 12.0. The fourth-order valence-corrected chi connectivity index (χ4v) is 3.85. The van der Waals surface area contributed by atoms with E-state index in [0.29, 0.717) is 31.0 Å². The van der Waals surface area contributed by atoms with E-state index in [0.717, 1.165) is 12.1 Å². The minimum atomic E-state index is -2.22. The molecule has 6 nitrogen and oxygen atoms in total. The number of benzene rings is 1. The van der Waals surface area contributed by atoms with Crippen molar-refractivity contribution in [1.82, 2.24) is 9.97 Å². The van der Waals surface area contributed by atoms with E-state index in [1.165, 1.54) is 6.33 Å². The maximum Gasteiger partial charge on any atom is 0.344 e. The average Bonchev–Trinajstić information content (AvgIpc) is 2.91. The Balaban J connectivity index is 1.59. The van der Waals surface area contributed by atoms with Crippen LogP contribution in [0.3, 0.4) is 0 Å². The predicted molar refractivity (Wildman–Crippen MR) is 91.7 cm³/mol. The Morgan fingerprint density at radius 2 is 1.96 bits per heavy atom. The Bertz CT molecular complexity index is 797. The van der Waals surface area contributed by atoms with Crippen LogP contribution in [0, 0.1) is 5.41 Å². The third-order valence-electron chi connectivity index (χ3n) is 5.42. The maximum absolute atomic E-state index is 15.2. The number of rotatable bonds is 4. The largest absolute Gasteiger partial charge is 0.479 e. The van der Waals surface area contributed by atoms with E-state index >= 15 is 4.39 Å². The number of carbonyl (C=O) groups is 1. The molecule has 1 saturated heterocycles. The molecule has 1 aliphatic heterocycles. The number of hydrogen-bond acceptors (Lipinski definition) is 5. The van der Waals surface area contributed by atoms with Crippen LogP contribution < -0.4 is 10.2 Å². The second-order valence-corrected chi connectivity index (χ2v) is 6.85. The number of nitrogens with zero attached hydrogens (tertiary/aromatic N) is 3. The SMILES string of the molecule is O=C(O)[C@@]1(F)CN(c2cc(Nc3ccccc3)ncn2)CC12CCC2. The van der Waals surface area contributed by atoms with Crippen molar-refractivity contribution in [2.24, 2.45) is 5.41 Å². The van der Waals surface area contributed by atoms with E-state index in [9.17, 15) is 9.90 Å². The second kappa shape index (κ2) is 5.68. The zero-order valence-electron chi connectivity index (χ0n) is 13.7. The molecule has 0 radical (unpaired) electrons. The fourth-order valence-electron chi connectivity index (χ4n) is 3.85. The molecule has 0 amide bonds. The van der Waals surface area contributed by atoms with Crippen molar-refractivity contribution < 1.29 is 14.3 Å². The number of carboxylic acid groups (broad SMARTS) is 1. The van der Waals surface area contributed by atoms with E-state index in [4.69, 9.17) is 0 Å². The summed E-state index contributed by atoms with van der Waals surface area (Å²) in [5.41, 5.74) is -2.13. The van der Waals surface area contributed by atoms with Gasteiger partial charge in [0.2, 0.25) is 5.67 Å². The van der Waals surface area contributed by atoms with Crippen LogP contribution in [0.1, 0.15) is 19.3 Å². The lowest BCUT2D eigenvalue weighted by molar-refractivity contribution is -0.162. The molecular formula is C18H19FN4O2. The van der Waals surface area contributed by atoms with Gasteiger partial charge in [0, 0.05) is 23.7 Å². The van der Waals surface area contributed by atoms with Crippen molar-refractivity contribution in [2.45, 2.75) is 24.9 Å². The van der Waals surface area contributed by atoms with Crippen LogP contribution in [0.2, 0.25) is 0 Å². The number of carboxylic acids is 1. The first kappa shape index (κ1) is 15.8. The average molecular weight is 342 g/mol. The minimum Gasteiger partial charge on any atom is -0.479 e. The monoisotopic (exact) mass is 342 g/mol. The molecule has 2 N–H and O–H groups in total. The lowest BCUT2D eigenvalue weighted by Gasteiger charge is -2.43. The lowest BCUT2D eigenvalue weighted by Crippen LogP contribution is -2.53. The smallest absolute Gasteiger partial charge is 0.344 e. The summed E-state index contributed by atoms with van der Waals surface area (Å²) in [6.07, 6.45) is 3.49. The molecule has 2 aromatic rings. The van der Waals surface area contributed by atoms with E-state index in [1.54, 1.807) is 11.0 Å². The first-order valence-electron chi connectivity index (χ1n) is 8.34. The number of aliphatic carboxylic acids is 1. The van der Waals surface area contributed by atoms with Gasteiger partial charge in [-0.1, -0.05) is 24.6 Å². The number of nitrogens with one attached hydrogen (secondary N) is 1. The Morgan fingerprint density at radius 3 is 2.56 bits per heavy atom. The van der Waals surface area contributed by atoms with Gasteiger partial charge < -0.3 is 15.3 Å². The summed E-state index contributed by atoms with van der Waals surface area (Å²) in [7, 11) is 0. The molecule has 1 aromatic carbocycles. The molecule has 0 unspecified atom stereocenters. The van der Waals surface area contributed by atoms with Crippen molar-refractivity contribution in [2.75, 3.05) is 23.3 Å². The molecule has 1 saturated carbocycles. The molecular weight excluding hydrogens is 323 g/mol. The highest BCUT2D eigenvalue weighted by atomic mass is 19.1. The molecule has 25 heavy (non-hydrogen) atoms. The Labute approximate surface area is 144 Å². The van der Waals surface area contributed by atoms with Gasteiger partial charge in [-0.3, -0.25) is 0 Å². The number of hydrogen-bond donors (Lipinski definition) is 2. The van der Waals surface area contributed by atoms with Gasteiger partial charge >= 0.3 is 5.97 Å². The van der Waals surface area contributed by atoms with Gasteiger partial charge in [0.05, 0.1) is 6.54 Å². The highest BCUT2D eigenvalue weighted by molar-refractivity contribution is 5.81. The normalized spacial score (nSPS) is 24.1. The number of alkyl halides is 1. The molecule has 2 heterocycles. The zero-order valence-corrected chi connectivity index (χ0v) is 13.7. The molecule has 2 aliphatic rings. The third kappa shape index (κ3) is 2.50. The molecule has 1 spiro atoms. The number of aromatic nitrogens is 2. The predicted octanol–water partition coefficient (Wildman–Crippen LogP) is 3.00. The molecule has 1 atom stereocenters. The summed E-state index contributed by atoms with van der Waals surface area (Å²) in [5.74, 6) is -0.239. The van der Waals surface area contributed by atoms with Crippen molar-refractivity contribution >= 4 is 23.3 Å². The summed E-state index contributed by atoms with van der Waals surface area (Å²) in [6.45, 7) is 0.196. The Kier molecular flexibility index (Phi) is 3.59. The van der Waals surface area contributed by atoms with Crippen LogP contribution in [0.5, 0.6) is 0 Å². The number of para-hydroxylation sites is 1. The second-order valence-electron chi connectivity index (χ2n) is 6.85. The highest BCUT2D eigenvalue weighted by Crippen LogP contribution is 2.56. The zero-order chi connectivity index (χ0) is 17.5. The quantitative estimate of drug-likeness (QED) is 0.889. The summed E-state index contributed by atoms with van der Waals surface area (Å²) >= 11 is 0. The molecule has 130 valence electrons. The van der Waals surface area contributed by atoms with Crippen molar-refractivity contribution in [3.05, 3.63) is 42.7 Å². The van der Waals surface area contributed by atoms with Crippen LogP contribution in [0.25, 0.3) is 0 Å². The van der Waals surface area contributed by atoms with Crippen LogP contribution in [-0.4, -0.2) is 39.8 Å². The summed E-state index contributed by atoms with van der Waals surface area (Å²) in [4.78, 5) is 21.7. The van der Waals surface area contributed by atoms with Crippen LogP contribution in [0.15, 0.2) is 42.7 Å². The summed E-state index contributed by atoms with van der Waals surface area (Å²) < 4.78 is 15.2. The van der Waals surface area contributed by atoms with E-state index in [2.05, 4.69) is 15.3 Å². The van der Waals surface area contributed by atoms with Crippen LogP contribution >= 0.6 is 0 Å². The van der Waals surface area contributed by atoms with Gasteiger partial charge in [0.15, 0.2) is 0 Å². The van der Waals surface area contributed by atoms with Gasteiger partial charge in [-0.2, -0.15) is 0 Å². The minimum absolute atomic E-state index is 0.176. The van der Waals surface area contributed by atoms with E-state index in [-0.39, 0.29) is 6.54 Å². The highest BCUT2D eigenvalue weighted by Gasteiger charge is 2.66. The van der Waals surface area contributed by atoms with Gasteiger partial charge in [-0.25, -0.2) is 19.2 Å². The summed E-state index contributed by atoms with van der Waals surface area (Å²) in [5, 5.41) is 12.6.